The van der Waals surface area contributed by atoms with Crippen LogP contribution in [-0.4, -0.2) is 6.04 Å². The molecule has 0 aromatic carbocycles. The highest BCUT2D eigenvalue weighted by molar-refractivity contribution is 7.09. The van der Waals surface area contributed by atoms with Crippen molar-refractivity contribution in [2.24, 2.45) is 11.8 Å². The molecule has 1 saturated carbocycles. The van der Waals surface area contributed by atoms with Gasteiger partial charge in [-0.15, -0.1) is 11.3 Å². The fourth-order valence-corrected chi connectivity index (χ4v) is 2.80. The predicted octanol–water partition coefficient (Wildman–Crippen LogP) is 2.31. The summed E-state index contributed by atoms with van der Waals surface area (Å²) >= 11 is 1.82. The van der Waals surface area contributed by atoms with Crippen molar-refractivity contribution >= 4 is 11.3 Å². The van der Waals surface area contributed by atoms with Crippen molar-refractivity contribution in [2.45, 2.75) is 38.1 Å². The van der Waals surface area contributed by atoms with Gasteiger partial charge in [0.05, 0.1) is 0 Å². The summed E-state index contributed by atoms with van der Waals surface area (Å²) < 4.78 is 0. The van der Waals surface area contributed by atoms with E-state index in [0.717, 1.165) is 12.3 Å². The fraction of sp³-hybridized carbons (Fsp3) is 0.636. The summed E-state index contributed by atoms with van der Waals surface area (Å²) in [4.78, 5) is 1.44. The average Bonchev–Trinajstić information content (AvgIpc) is 2.61. The molecule has 2 rings (SSSR count). The SMILES string of the molecule is NNC(Cc1cccs1)CC1CCC1. The van der Waals surface area contributed by atoms with Gasteiger partial charge in [-0.25, -0.2) is 0 Å². The molecule has 1 aromatic heterocycles. The van der Waals surface area contributed by atoms with E-state index in [1.54, 1.807) is 0 Å². The molecule has 1 aromatic rings. The van der Waals surface area contributed by atoms with Crippen LogP contribution in [0.1, 0.15) is 30.6 Å². The molecule has 1 fully saturated rings. The van der Waals surface area contributed by atoms with Crippen LogP contribution < -0.4 is 11.3 Å². The largest absolute Gasteiger partial charge is 0.271 e. The van der Waals surface area contributed by atoms with Crippen LogP contribution >= 0.6 is 11.3 Å². The molecule has 0 radical (unpaired) electrons. The van der Waals surface area contributed by atoms with Gasteiger partial charge in [0.2, 0.25) is 0 Å². The molecule has 0 bridgehead atoms. The molecule has 0 spiro atoms. The molecular formula is C11H18N2S. The van der Waals surface area contributed by atoms with Gasteiger partial charge in [0.25, 0.3) is 0 Å². The van der Waals surface area contributed by atoms with Crippen LogP contribution in [0, 0.1) is 5.92 Å². The molecule has 0 saturated heterocycles. The maximum absolute atomic E-state index is 5.57. The van der Waals surface area contributed by atoms with Crippen LogP contribution in [0.2, 0.25) is 0 Å². The Bertz CT molecular complexity index is 254. The fourth-order valence-electron chi connectivity index (χ4n) is 2.01. The summed E-state index contributed by atoms with van der Waals surface area (Å²) in [6, 6.07) is 4.77. The van der Waals surface area contributed by atoms with Crippen molar-refractivity contribution in [1.29, 1.82) is 0 Å². The molecule has 78 valence electrons. The second-order valence-electron chi connectivity index (χ2n) is 4.18. The van der Waals surface area contributed by atoms with Gasteiger partial charge in [-0.05, 0) is 30.2 Å². The minimum absolute atomic E-state index is 0.471. The normalized spacial score (nSPS) is 19.2. The number of hydrazine groups is 1. The lowest BCUT2D eigenvalue weighted by molar-refractivity contribution is 0.260. The molecule has 0 amide bonds. The highest BCUT2D eigenvalue weighted by Gasteiger charge is 2.21. The van der Waals surface area contributed by atoms with Crippen LogP contribution in [-0.2, 0) is 6.42 Å². The molecule has 2 nitrogen and oxygen atoms in total. The van der Waals surface area contributed by atoms with Gasteiger partial charge >= 0.3 is 0 Å². The van der Waals surface area contributed by atoms with Crippen molar-refractivity contribution in [3.05, 3.63) is 22.4 Å². The van der Waals surface area contributed by atoms with E-state index in [9.17, 15) is 0 Å². The number of nitrogens with two attached hydrogens (primary N) is 1. The molecular weight excluding hydrogens is 192 g/mol. The quantitative estimate of drug-likeness (QED) is 0.578. The number of hydrogen-bond acceptors (Lipinski definition) is 3. The molecule has 3 N–H and O–H groups in total. The first-order valence-corrected chi connectivity index (χ1v) is 6.25. The van der Waals surface area contributed by atoms with E-state index in [-0.39, 0.29) is 0 Å². The Morgan fingerprint density at radius 3 is 2.93 bits per heavy atom. The molecule has 1 heterocycles. The van der Waals surface area contributed by atoms with Crippen molar-refractivity contribution in [2.75, 3.05) is 0 Å². The van der Waals surface area contributed by atoms with E-state index >= 15 is 0 Å². The van der Waals surface area contributed by atoms with Crippen LogP contribution in [0.4, 0.5) is 0 Å². The summed E-state index contributed by atoms with van der Waals surface area (Å²) in [7, 11) is 0. The Labute approximate surface area is 89.5 Å². The van der Waals surface area contributed by atoms with Crippen LogP contribution in [0.15, 0.2) is 17.5 Å². The Hall–Kier alpha value is -0.380. The third-order valence-corrected chi connectivity index (χ3v) is 4.00. The van der Waals surface area contributed by atoms with E-state index in [1.165, 1.54) is 30.6 Å². The minimum Gasteiger partial charge on any atom is -0.271 e. The zero-order valence-corrected chi connectivity index (χ0v) is 9.22. The minimum atomic E-state index is 0.471. The highest BCUT2D eigenvalue weighted by atomic mass is 32.1. The number of nitrogens with one attached hydrogen (secondary N) is 1. The predicted molar refractivity (Wildman–Crippen MR) is 61.1 cm³/mol. The summed E-state index contributed by atoms with van der Waals surface area (Å²) in [5.74, 6) is 6.50. The summed E-state index contributed by atoms with van der Waals surface area (Å²) in [6.07, 6.45) is 6.56. The lowest BCUT2D eigenvalue weighted by Crippen LogP contribution is -2.39. The van der Waals surface area contributed by atoms with E-state index in [1.807, 2.05) is 11.3 Å². The van der Waals surface area contributed by atoms with Crippen molar-refractivity contribution < 1.29 is 0 Å². The first-order chi connectivity index (χ1) is 6.88. The maximum atomic E-state index is 5.57. The summed E-state index contributed by atoms with van der Waals surface area (Å²) in [6.45, 7) is 0. The second kappa shape index (κ2) is 4.91. The maximum Gasteiger partial charge on any atom is 0.0261 e. The Morgan fingerprint density at radius 1 is 1.57 bits per heavy atom. The highest BCUT2D eigenvalue weighted by Crippen LogP contribution is 2.31. The van der Waals surface area contributed by atoms with Gasteiger partial charge in [0.1, 0.15) is 0 Å². The van der Waals surface area contributed by atoms with Crippen LogP contribution in [0.3, 0.4) is 0 Å². The van der Waals surface area contributed by atoms with Crippen LogP contribution in [0.5, 0.6) is 0 Å². The van der Waals surface area contributed by atoms with Crippen molar-refractivity contribution in [3.8, 4) is 0 Å². The Morgan fingerprint density at radius 2 is 2.43 bits per heavy atom. The van der Waals surface area contributed by atoms with Gasteiger partial charge in [-0.2, -0.15) is 0 Å². The van der Waals surface area contributed by atoms with E-state index in [2.05, 4.69) is 22.9 Å². The summed E-state index contributed by atoms with van der Waals surface area (Å²) in [5, 5.41) is 2.13. The smallest absolute Gasteiger partial charge is 0.0261 e. The molecule has 1 unspecified atom stereocenters. The zero-order chi connectivity index (χ0) is 9.80. The van der Waals surface area contributed by atoms with Gasteiger partial charge in [0.15, 0.2) is 0 Å². The van der Waals surface area contributed by atoms with Crippen molar-refractivity contribution in [1.82, 2.24) is 5.43 Å². The Balaban J connectivity index is 1.80. The van der Waals surface area contributed by atoms with Crippen LogP contribution in [0.25, 0.3) is 0 Å². The second-order valence-corrected chi connectivity index (χ2v) is 5.21. The van der Waals surface area contributed by atoms with Gasteiger partial charge in [-0.3, -0.25) is 11.3 Å². The molecule has 1 aliphatic carbocycles. The van der Waals surface area contributed by atoms with E-state index < -0.39 is 0 Å². The average molecular weight is 210 g/mol. The van der Waals surface area contributed by atoms with Gasteiger partial charge in [-0.1, -0.05) is 25.3 Å². The van der Waals surface area contributed by atoms with Gasteiger partial charge in [0, 0.05) is 10.9 Å². The van der Waals surface area contributed by atoms with E-state index in [4.69, 9.17) is 5.84 Å². The monoisotopic (exact) mass is 210 g/mol. The molecule has 14 heavy (non-hydrogen) atoms. The standard InChI is InChI=1S/C11H18N2S/c12-13-10(7-9-3-1-4-9)8-11-5-2-6-14-11/h2,5-6,9-10,13H,1,3-4,7-8,12H2. The molecule has 1 atom stereocenters. The third kappa shape index (κ3) is 2.56. The number of hydrogen-bond donors (Lipinski definition) is 2. The summed E-state index contributed by atoms with van der Waals surface area (Å²) in [5.41, 5.74) is 2.95. The Kier molecular flexibility index (Phi) is 3.56. The first kappa shape index (κ1) is 10.1. The lowest BCUT2D eigenvalue weighted by Gasteiger charge is -2.29. The third-order valence-electron chi connectivity index (χ3n) is 3.11. The van der Waals surface area contributed by atoms with E-state index in [0.29, 0.717) is 6.04 Å². The first-order valence-electron chi connectivity index (χ1n) is 5.37. The van der Waals surface area contributed by atoms with Crippen molar-refractivity contribution in [3.63, 3.8) is 0 Å². The lowest BCUT2D eigenvalue weighted by atomic mass is 9.80. The number of thiophene rings is 1. The molecule has 1 aliphatic rings. The topological polar surface area (TPSA) is 38.0 Å². The molecule has 0 aliphatic heterocycles. The zero-order valence-electron chi connectivity index (χ0n) is 8.41. The number of rotatable bonds is 5. The molecule has 3 heteroatoms. The van der Waals surface area contributed by atoms with Gasteiger partial charge < -0.3 is 0 Å².